The van der Waals surface area contributed by atoms with Gasteiger partial charge in [0.05, 0.1) is 24.1 Å². The first-order chi connectivity index (χ1) is 13.8. The molecule has 1 heterocycles. The van der Waals surface area contributed by atoms with Crippen molar-refractivity contribution < 1.29 is 17.9 Å². The minimum atomic E-state index is -3.42. The van der Waals surface area contributed by atoms with Crippen LogP contribution in [0.4, 0.5) is 5.69 Å². The van der Waals surface area contributed by atoms with E-state index < -0.39 is 9.84 Å². The number of aromatic nitrogens is 2. The van der Waals surface area contributed by atoms with Gasteiger partial charge in [-0.2, -0.15) is 0 Å². The van der Waals surface area contributed by atoms with Crippen molar-refractivity contribution in [1.29, 1.82) is 0 Å². The molecule has 0 saturated carbocycles. The number of rotatable bonds is 6. The van der Waals surface area contributed by atoms with Gasteiger partial charge < -0.3 is 10.1 Å². The molecule has 0 radical (unpaired) electrons. The van der Waals surface area contributed by atoms with Crippen molar-refractivity contribution in [2.45, 2.75) is 11.9 Å². The van der Waals surface area contributed by atoms with Gasteiger partial charge >= 0.3 is 0 Å². The summed E-state index contributed by atoms with van der Waals surface area (Å²) in [6.45, 7) is 1.55. The molecule has 1 aromatic heterocycles. The molecule has 0 atom stereocenters. The van der Waals surface area contributed by atoms with Crippen LogP contribution in [0.2, 0.25) is 5.02 Å². The highest BCUT2D eigenvalue weighted by Gasteiger charge is 2.15. The maximum atomic E-state index is 12.6. The number of halogens is 1. The number of hydrogen-bond donors (Lipinski definition) is 1. The molecule has 0 aliphatic heterocycles. The van der Waals surface area contributed by atoms with Gasteiger partial charge in [-0.15, -0.1) is 10.2 Å². The zero-order valence-electron chi connectivity index (χ0n) is 15.7. The van der Waals surface area contributed by atoms with Gasteiger partial charge in [-0.25, -0.2) is 8.42 Å². The Morgan fingerprint density at radius 2 is 1.90 bits per heavy atom. The summed E-state index contributed by atoms with van der Waals surface area (Å²) in [5, 5.41) is 11.0. The fraction of sp³-hybridized carbons (Fsp3) is 0.150. The number of methoxy groups -OCH3 is 1. The Hall–Kier alpha value is -2.97. The maximum Gasteiger partial charge on any atom is 0.259 e. The van der Waals surface area contributed by atoms with Crippen molar-refractivity contribution in [2.24, 2.45) is 0 Å². The first kappa shape index (κ1) is 20.8. The van der Waals surface area contributed by atoms with Gasteiger partial charge in [0.25, 0.3) is 5.91 Å². The minimum absolute atomic E-state index is 0.0461. The molecule has 0 spiro atoms. The van der Waals surface area contributed by atoms with Gasteiger partial charge in [0.15, 0.2) is 14.9 Å². The van der Waals surface area contributed by atoms with Crippen LogP contribution >= 0.6 is 11.6 Å². The Bertz CT molecular complexity index is 1150. The molecule has 0 bridgehead atoms. The number of hydrogen-bond acceptors (Lipinski definition) is 6. The Kier molecular flexibility index (Phi) is 6.14. The Morgan fingerprint density at radius 3 is 2.55 bits per heavy atom. The fourth-order valence-corrected chi connectivity index (χ4v) is 3.51. The summed E-state index contributed by atoms with van der Waals surface area (Å²) < 4.78 is 28.9. The standard InChI is InChI=1S/C20H18ClN3O4S/c1-3-29(26,27)19-10-8-17(23-24-19)13-5-4-6-15(11-13)22-20(25)16-12-14(21)7-9-18(16)28-2/h4-12H,3H2,1-2H3,(H,22,25). The molecule has 0 unspecified atom stereocenters. The number of nitrogens with zero attached hydrogens (tertiary/aromatic N) is 2. The molecule has 3 aromatic rings. The van der Waals surface area contributed by atoms with Crippen molar-refractivity contribution in [3.63, 3.8) is 0 Å². The van der Waals surface area contributed by atoms with Crippen molar-refractivity contribution in [1.82, 2.24) is 10.2 Å². The van der Waals surface area contributed by atoms with Gasteiger partial charge in [0, 0.05) is 16.3 Å². The summed E-state index contributed by atoms with van der Waals surface area (Å²) in [6, 6.07) is 14.8. The second kappa shape index (κ2) is 8.59. The maximum absolute atomic E-state index is 12.6. The summed E-state index contributed by atoms with van der Waals surface area (Å²) in [7, 11) is -1.94. The lowest BCUT2D eigenvalue weighted by atomic mass is 10.1. The third-order valence-corrected chi connectivity index (χ3v) is 6.01. The van der Waals surface area contributed by atoms with E-state index in [1.807, 2.05) is 0 Å². The summed E-state index contributed by atoms with van der Waals surface area (Å²) in [5.74, 6) is -0.0196. The molecule has 1 N–H and O–H groups in total. The quantitative estimate of drug-likeness (QED) is 0.636. The average molecular weight is 432 g/mol. The largest absolute Gasteiger partial charge is 0.496 e. The van der Waals surface area contributed by atoms with E-state index in [0.717, 1.165) is 0 Å². The Labute approximate surface area is 173 Å². The highest BCUT2D eigenvalue weighted by molar-refractivity contribution is 7.91. The third-order valence-electron chi connectivity index (χ3n) is 4.16. The molecular weight excluding hydrogens is 414 g/mol. The zero-order chi connectivity index (χ0) is 21.0. The van der Waals surface area contributed by atoms with Crippen LogP contribution in [0.15, 0.2) is 59.6 Å². The molecular formula is C20H18ClN3O4S. The fourth-order valence-electron chi connectivity index (χ4n) is 2.60. The van der Waals surface area contributed by atoms with Gasteiger partial charge in [-0.05, 0) is 42.5 Å². The van der Waals surface area contributed by atoms with Crippen LogP contribution < -0.4 is 10.1 Å². The Morgan fingerprint density at radius 1 is 1.10 bits per heavy atom. The van der Waals surface area contributed by atoms with Crippen molar-refractivity contribution in [2.75, 3.05) is 18.2 Å². The summed E-state index contributed by atoms with van der Waals surface area (Å²) in [6.07, 6.45) is 0. The Balaban J connectivity index is 1.85. The molecule has 1 amide bonds. The van der Waals surface area contributed by atoms with Gasteiger partial charge in [-0.3, -0.25) is 4.79 Å². The summed E-state index contributed by atoms with van der Waals surface area (Å²) in [4.78, 5) is 12.6. The van der Waals surface area contributed by atoms with E-state index in [-0.39, 0.29) is 16.7 Å². The molecule has 150 valence electrons. The van der Waals surface area contributed by atoms with Crippen LogP contribution in [0.1, 0.15) is 17.3 Å². The highest BCUT2D eigenvalue weighted by atomic mass is 35.5. The van der Waals surface area contributed by atoms with Crippen molar-refractivity contribution in [3.8, 4) is 17.0 Å². The van der Waals surface area contributed by atoms with Crippen LogP contribution in [-0.4, -0.2) is 37.4 Å². The van der Waals surface area contributed by atoms with Crippen LogP contribution in [0.25, 0.3) is 11.3 Å². The van der Waals surface area contributed by atoms with Gasteiger partial charge in [-0.1, -0.05) is 30.7 Å². The summed E-state index contributed by atoms with van der Waals surface area (Å²) >= 11 is 5.99. The smallest absolute Gasteiger partial charge is 0.259 e. The van der Waals surface area contributed by atoms with Crippen molar-refractivity contribution >= 4 is 33.0 Å². The number of amides is 1. The normalized spacial score (nSPS) is 11.1. The van der Waals surface area contributed by atoms with Crippen LogP contribution in [0.5, 0.6) is 5.75 Å². The van der Waals surface area contributed by atoms with Gasteiger partial charge in [0.1, 0.15) is 5.75 Å². The van der Waals surface area contributed by atoms with E-state index in [0.29, 0.717) is 33.3 Å². The number of carbonyl (C=O) groups is 1. The van der Waals surface area contributed by atoms with E-state index in [2.05, 4.69) is 15.5 Å². The second-order valence-corrected chi connectivity index (χ2v) is 8.70. The lowest BCUT2D eigenvalue weighted by Gasteiger charge is -2.11. The topological polar surface area (TPSA) is 98.2 Å². The first-order valence-corrected chi connectivity index (χ1v) is 10.7. The number of benzene rings is 2. The lowest BCUT2D eigenvalue weighted by Crippen LogP contribution is -2.13. The molecule has 0 aliphatic carbocycles. The predicted octanol–water partition coefficient (Wildman–Crippen LogP) is 3.85. The first-order valence-electron chi connectivity index (χ1n) is 8.66. The number of ether oxygens (including phenoxy) is 1. The average Bonchev–Trinajstić information content (AvgIpc) is 2.74. The molecule has 29 heavy (non-hydrogen) atoms. The lowest BCUT2D eigenvalue weighted by molar-refractivity contribution is 0.102. The molecule has 9 heteroatoms. The molecule has 0 aliphatic rings. The van der Waals surface area contributed by atoms with Crippen molar-refractivity contribution in [3.05, 3.63) is 65.2 Å². The van der Waals surface area contributed by atoms with Crippen LogP contribution in [0, 0.1) is 0 Å². The highest BCUT2D eigenvalue weighted by Crippen LogP contribution is 2.25. The number of anilines is 1. The molecule has 3 rings (SSSR count). The number of carbonyl (C=O) groups excluding carboxylic acids is 1. The SMILES string of the molecule is CCS(=O)(=O)c1ccc(-c2cccc(NC(=O)c3cc(Cl)ccc3OC)c2)nn1. The number of sulfone groups is 1. The molecule has 2 aromatic carbocycles. The predicted molar refractivity (Wildman–Crippen MR) is 111 cm³/mol. The minimum Gasteiger partial charge on any atom is -0.496 e. The van der Waals surface area contributed by atoms with E-state index in [1.165, 1.54) is 19.2 Å². The number of nitrogens with one attached hydrogen (secondary N) is 1. The summed E-state index contributed by atoms with van der Waals surface area (Å²) in [5.41, 5.74) is 1.99. The van der Waals surface area contributed by atoms with E-state index >= 15 is 0 Å². The van der Waals surface area contributed by atoms with Gasteiger partial charge in [0.2, 0.25) is 0 Å². The van der Waals surface area contributed by atoms with Crippen LogP contribution in [0.3, 0.4) is 0 Å². The van der Waals surface area contributed by atoms with E-state index in [4.69, 9.17) is 16.3 Å². The molecule has 0 fully saturated rings. The molecule has 7 nitrogen and oxygen atoms in total. The zero-order valence-corrected chi connectivity index (χ0v) is 17.3. The second-order valence-electron chi connectivity index (χ2n) is 6.04. The monoisotopic (exact) mass is 431 g/mol. The van der Waals surface area contributed by atoms with E-state index in [1.54, 1.807) is 49.4 Å². The van der Waals surface area contributed by atoms with E-state index in [9.17, 15) is 13.2 Å². The third kappa shape index (κ3) is 4.72. The molecule has 0 saturated heterocycles. The van der Waals surface area contributed by atoms with Crippen LogP contribution in [-0.2, 0) is 9.84 Å².